The van der Waals surface area contributed by atoms with Gasteiger partial charge in [-0.3, -0.25) is 9.59 Å². The molecule has 2 unspecified atom stereocenters. The summed E-state index contributed by atoms with van der Waals surface area (Å²) in [5.74, 6) is -1.65. The number of carbonyl (C=O) groups is 2. The maximum atomic E-state index is 13.2. The van der Waals surface area contributed by atoms with E-state index in [1.807, 2.05) is 0 Å². The van der Waals surface area contributed by atoms with Crippen LogP contribution < -0.4 is 0 Å². The second-order valence-corrected chi connectivity index (χ2v) is 5.27. The molecule has 1 aliphatic rings. The van der Waals surface area contributed by atoms with Crippen LogP contribution in [0.1, 0.15) is 18.4 Å². The minimum Gasteiger partial charge on any atom is -0.349 e. The zero-order valence-electron chi connectivity index (χ0n) is 12.2. The molecule has 4 nitrogen and oxygen atoms in total. The van der Waals surface area contributed by atoms with Crippen molar-refractivity contribution >= 4 is 11.6 Å². The van der Waals surface area contributed by atoms with Gasteiger partial charge >= 0.3 is 0 Å². The first-order valence-electron chi connectivity index (χ1n) is 6.94. The Bertz CT molecular complexity index is 525. The molecule has 0 aromatic heterocycles. The highest BCUT2D eigenvalue weighted by atomic mass is 19.1. The van der Waals surface area contributed by atoms with Crippen LogP contribution in [-0.2, 0) is 25.5 Å². The predicted molar refractivity (Wildman–Crippen MR) is 74.1 cm³/mol. The van der Waals surface area contributed by atoms with Gasteiger partial charge in [0.05, 0.1) is 5.92 Å². The molecule has 114 valence electrons. The van der Waals surface area contributed by atoms with Crippen molar-refractivity contribution in [2.75, 3.05) is 14.2 Å². The first-order chi connectivity index (χ1) is 10.1. The largest absolute Gasteiger partial charge is 0.349 e. The molecule has 0 bridgehead atoms. The molecular weight excluding hydrogens is 275 g/mol. The van der Waals surface area contributed by atoms with Crippen LogP contribution in [0.2, 0.25) is 0 Å². The van der Waals surface area contributed by atoms with E-state index in [4.69, 9.17) is 9.47 Å². The first-order valence-corrected chi connectivity index (χ1v) is 6.94. The third-order valence-corrected chi connectivity index (χ3v) is 3.92. The predicted octanol–water partition coefficient (Wildman–Crippen LogP) is 2.15. The molecule has 0 heterocycles. The fourth-order valence-electron chi connectivity index (χ4n) is 2.86. The van der Waals surface area contributed by atoms with Gasteiger partial charge in [0.25, 0.3) is 0 Å². The van der Waals surface area contributed by atoms with Crippen LogP contribution in [0.15, 0.2) is 24.3 Å². The topological polar surface area (TPSA) is 52.6 Å². The summed E-state index contributed by atoms with van der Waals surface area (Å²) in [5.41, 5.74) is 0.775. The molecule has 1 aliphatic carbocycles. The Balaban J connectivity index is 2.03. The quantitative estimate of drug-likeness (QED) is 0.596. The zero-order chi connectivity index (χ0) is 15.4. The van der Waals surface area contributed by atoms with E-state index < -0.39 is 12.2 Å². The van der Waals surface area contributed by atoms with Crippen LogP contribution in [0.25, 0.3) is 0 Å². The number of hydrogen-bond donors (Lipinski definition) is 0. The summed E-state index contributed by atoms with van der Waals surface area (Å²) in [6, 6.07) is 6.21. The summed E-state index contributed by atoms with van der Waals surface area (Å²) < 4.78 is 23.0. The van der Waals surface area contributed by atoms with Crippen LogP contribution in [0.3, 0.4) is 0 Å². The smallest absolute Gasteiger partial charge is 0.218 e. The van der Waals surface area contributed by atoms with E-state index in [1.54, 1.807) is 12.1 Å². The molecule has 0 radical (unpaired) electrons. The van der Waals surface area contributed by atoms with Crippen LogP contribution in [0.5, 0.6) is 0 Å². The Hall–Kier alpha value is -1.59. The summed E-state index contributed by atoms with van der Waals surface area (Å²) in [4.78, 5) is 24.5. The van der Waals surface area contributed by atoms with Crippen molar-refractivity contribution < 1.29 is 23.5 Å². The summed E-state index contributed by atoms with van der Waals surface area (Å²) in [7, 11) is 2.74. The van der Waals surface area contributed by atoms with Crippen molar-refractivity contribution in [1.29, 1.82) is 0 Å². The fraction of sp³-hybridized carbons (Fsp3) is 0.500. The second-order valence-electron chi connectivity index (χ2n) is 5.27. The number of ketones is 2. The number of ether oxygens (including phenoxy) is 2. The molecular formula is C16H19FO4. The highest BCUT2D eigenvalue weighted by molar-refractivity contribution is 6.06. The zero-order valence-corrected chi connectivity index (χ0v) is 12.2. The van der Waals surface area contributed by atoms with Crippen LogP contribution >= 0.6 is 0 Å². The summed E-state index contributed by atoms with van der Waals surface area (Å²) in [6.07, 6.45) is 0.601. The summed E-state index contributed by atoms with van der Waals surface area (Å²) >= 11 is 0. The third-order valence-electron chi connectivity index (χ3n) is 3.92. The fourth-order valence-corrected chi connectivity index (χ4v) is 2.86. The average Bonchev–Trinajstić information content (AvgIpc) is 2.81. The maximum absolute atomic E-state index is 13.2. The molecule has 1 aromatic rings. The van der Waals surface area contributed by atoms with Crippen molar-refractivity contribution in [3.63, 3.8) is 0 Å². The van der Waals surface area contributed by atoms with E-state index in [9.17, 15) is 14.0 Å². The number of methoxy groups -OCH3 is 2. The van der Waals surface area contributed by atoms with E-state index in [-0.39, 0.29) is 23.3 Å². The van der Waals surface area contributed by atoms with Crippen molar-refractivity contribution in [3.8, 4) is 0 Å². The Kier molecular flexibility index (Phi) is 5.20. The normalized spacial score (nSPS) is 22.0. The lowest BCUT2D eigenvalue weighted by atomic mass is 9.93. The minimum absolute atomic E-state index is 0.0941. The van der Waals surface area contributed by atoms with Gasteiger partial charge in [0.1, 0.15) is 11.6 Å². The van der Waals surface area contributed by atoms with Gasteiger partial charge in [-0.25, -0.2) is 4.39 Å². The van der Waals surface area contributed by atoms with Crippen molar-refractivity contribution in [2.45, 2.75) is 25.6 Å². The average molecular weight is 294 g/mol. The number of rotatable bonds is 6. The number of carbonyl (C=O) groups excluding carboxylic acids is 2. The molecule has 2 rings (SSSR count). The Morgan fingerprint density at radius 1 is 1.33 bits per heavy atom. The molecule has 0 N–H and O–H groups in total. The van der Waals surface area contributed by atoms with Gasteiger partial charge in [0.2, 0.25) is 6.29 Å². The standard InChI is InChI=1S/C16H19FO4/c1-20-16(21-2)15(19)13-7-6-11(14(13)18)8-10-4-3-5-12(17)9-10/h3-5,9,11,13,16H,6-8H2,1-2H3. The van der Waals surface area contributed by atoms with E-state index in [1.165, 1.54) is 26.4 Å². The van der Waals surface area contributed by atoms with Gasteiger partial charge in [-0.2, -0.15) is 0 Å². The summed E-state index contributed by atoms with van der Waals surface area (Å²) in [6.45, 7) is 0. The molecule has 0 amide bonds. The molecule has 0 saturated heterocycles. The second kappa shape index (κ2) is 6.91. The number of hydrogen-bond acceptors (Lipinski definition) is 4. The molecule has 1 saturated carbocycles. The Morgan fingerprint density at radius 3 is 2.67 bits per heavy atom. The highest BCUT2D eigenvalue weighted by Gasteiger charge is 2.41. The lowest BCUT2D eigenvalue weighted by Gasteiger charge is -2.16. The maximum Gasteiger partial charge on any atom is 0.218 e. The van der Waals surface area contributed by atoms with Gasteiger partial charge in [-0.15, -0.1) is 0 Å². The molecule has 21 heavy (non-hydrogen) atoms. The van der Waals surface area contributed by atoms with Gasteiger partial charge in [-0.1, -0.05) is 12.1 Å². The van der Waals surface area contributed by atoms with Gasteiger partial charge in [-0.05, 0) is 37.0 Å². The number of halogens is 1. The highest BCUT2D eigenvalue weighted by Crippen LogP contribution is 2.31. The van der Waals surface area contributed by atoms with Gasteiger partial charge in [0.15, 0.2) is 5.78 Å². The molecule has 5 heteroatoms. The molecule has 1 fully saturated rings. The minimum atomic E-state index is -0.994. The monoisotopic (exact) mass is 294 g/mol. The first kappa shape index (κ1) is 15.8. The number of Topliss-reactive ketones (excluding diaryl/α,β-unsaturated/α-hetero) is 2. The van der Waals surface area contributed by atoms with Gasteiger partial charge in [0, 0.05) is 20.1 Å². The summed E-state index contributed by atoms with van der Waals surface area (Å²) in [5, 5.41) is 0. The van der Waals surface area contributed by atoms with Crippen molar-refractivity contribution in [1.82, 2.24) is 0 Å². The Labute approximate surface area is 123 Å². The van der Waals surface area contributed by atoms with E-state index in [0.717, 1.165) is 5.56 Å². The molecule has 0 spiro atoms. The molecule has 1 aromatic carbocycles. The van der Waals surface area contributed by atoms with Crippen LogP contribution in [0.4, 0.5) is 4.39 Å². The van der Waals surface area contributed by atoms with Gasteiger partial charge < -0.3 is 9.47 Å². The SMILES string of the molecule is COC(OC)C(=O)C1CCC(Cc2cccc(F)c2)C1=O. The Morgan fingerprint density at radius 2 is 2.05 bits per heavy atom. The van der Waals surface area contributed by atoms with Crippen LogP contribution in [-0.4, -0.2) is 32.1 Å². The van der Waals surface area contributed by atoms with E-state index >= 15 is 0 Å². The van der Waals surface area contributed by atoms with Crippen molar-refractivity contribution in [2.24, 2.45) is 11.8 Å². The number of benzene rings is 1. The third kappa shape index (κ3) is 3.54. The lowest BCUT2D eigenvalue weighted by molar-refractivity contribution is -0.162. The van der Waals surface area contributed by atoms with E-state index in [2.05, 4.69) is 0 Å². The van der Waals surface area contributed by atoms with E-state index in [0.29, 0.717) is 19.3 Å². The lowest BCUT2D eigenvalue weighted by Crippen LogP contribution is -2.34. The molecule has 0 aliphatic heterocycles. The van der Waals surface area contributed by atoms with Crippen molar-refractivity contribution in [3.05, 3.63) is 35.6 Å². The molecule has 2 atom stereocenters. The van der Waals surface area contributed by atoms with Crippen LogP contribution in [0, 0.1) is 17.7 Å².